The van der Waals surface area contributed by atoms with Gasteiger partial charge in [0.05, 0.1) is 5.60 Å². The van der Waals surface area contributed by atoms with Gasteiger partial charge >= 0.3 is 6.18 Å². The van der Waals surface area contributed by atoms with Crippen LogP contribution in [0.1, 0.15) is 31.9 Å². The summed E-state index contributed by atoms with van der Waals surface area (Å²) in [4.78, 5) is 6.15. The highest BCUT2D eigenvalue weighted by Gasteiger charge is 2.46. The topological polar surface area (TPSA) is 90.8 Å². The molecule has 2 atom stereocenters. The summed E-state index contributed by atoms with van der Waals surface area (Å²) >= 11 is 0. The van der Waals surface area contributed by atoms with Crippen LogP contribution in [0.15, 0.2) is 48.7 Å². The lowest BCUT2D eigenvalue weighted by molar-refractivity contribution is -0.183. The number of fused-ring (bicyclic) bond motifs is 2. The molecule has 1 saturated heterocycles. The molecule has 8 nitrogen and oxygen atoms in total. The summed E-state index contributed by atoms with van der Waals surface area (Å²) in [7, 11) is 1.62. The van der Waals surface area contributed by atoms with Gasteiger partial charge in [0.1, 0.15) is 29.6 Å². The quantitative estimate of drug-likeness (QED) is 0.391. The van der Waals surface area contributed by atoms with E-state index < -0.39 is 17.8 Å². The number of aromatic nitrogens is 4. The maximum atomic E-state index is 14.2. The Hall–Kier alpha value is -3.28. The molecule has 0 spiro atoms. The molecule has 196 valence electrons. The van der Waals surface area contributed by atoms with Crippen LogP contribution in [0.4, 0.5) is 13.2 Å². The number of alkyl halides is 3. The van der Waals surface area contributed by atoms with E-state index in [1.54, 1.807) is 23.6 Å². The number of likely N-dealkylation sites (tertiary alicyclic amines) is 1. The third-order valence-corrected chi connectivity index (χ3v) is 6.71. The first-order valence-electron chi connectivity index (χ1n) is 12.0. The molecule has 4 heterocycles. The molecule has 1 fully saturated rings. The van der Waals surface area contributed by atoms with Crippen LogP contribution in [-0.4, -0.2) is 69.1 Å². The van der Waals surface area contributed by atoms with Crippen molar-refractivity contribution >= 4 is 16.6 Å². The number of hydrogen-bond donors (Lipinski definition) is 1. The third kappa shape index (κ3) is 5.11. The van der Waals surface area contributed by atoms with E-state index in [4.69, 9.17) is 20.2 Å². The molecule has 0 amide bonds. The van der Waals surface area contributed by atoms with Crippen molar-refractivity contribution in [2.24, 2.45) is 5.73 Å². The minimum absolute atomic E-state index is 0.0989. The first kappa shape index (κ1) is 25.4. The zero-order chi connectivity index (χ0) is 26.4. The number of methoxy groups -OCH3 is 1. The molecule has 0 bridgehead atoms. The number of halogens is 3. The molecule has 4 aromatic rings. The van der Waals surface area contributed by atoms with Crippen molar-refractivity contribution in [3.63, 3.8) is 0 Å². The Morgan fingerprint density at radius 3 is 2.62 bits per heavy atom. The van der Waals surface area contributed by atoms with Gasteiger partial charge in [-0.15, -0.1) is 10.2 Å². The van der Waals surface area contributed by atoms with Crippen LogP contribution < -0.4 is 10.5 Å². The summed E-state index contributed by atoms with van der Waals surface area (Å²) in [5.41, 5.74) is 7.01. The molecule has 3 aromatic heterocycles. The molecule has 11 heteroatoms. The zero-order valence-corrected chi connectivity index (χ0v) is 20.9. The standard InChI is InChI=1S/C26H29F3N6O2/c1-25(2,36-3)15-37-20-6-4-5-16-7-9-19(31-22(16)20)24-33-32-21-10-8-17(13-35(21)24)23(26(27,28)29)34-12-11-18(30)14-34/h4-10,13,18,23H,11-12,14-15,30H2,1-3H3/t18?,23-/m1/s1. The molecule has 0 aliphatic carbocycles. The number of para-hydroxylation sites is 1. The normalized spacial score (nSPS) is 18.1. The van der Waals surface area contributed by atoms with Gasteiger partial charge in [-0.2, -0.15) is 13.2 Å². The van der Waals surface area contributed by atoms with Crippen molar-refractivity contribution < 1.29 is 22.6 Å². The fourth-order valence-electron chi connectivity index (χ4n) is 4.57. The highest BCUT2D eigenvalue weighted by molar-refractivity contribution is 5.86. The van der Waals surface area contributed by atoms with Crippen LogP contribution in [-0.2, 0) is 4.74 Å². The number of nitrogens with zero attached hydrogens (tertiary/aromatic N) is 5. The van der Waals surface area contributed by atoms with Gasteiger partial charge in [0.15, 0.2) is 11.5 Å². The highest BCUT2D eigenvalue weighted by Crippen LogP contribution is 2.39. The summed E-state index contributed by atoms with van der Waals surface area (Å²) in [6.07, 6.45) is -2.49. The average Bonchev–Trinajstić information content (AvgIpc) is 3.47. The fourth-order valence-corrected chi connectivity index (χ4v) is 4.57. The Labute approximate surface area is 212 Å². The Balaban J connectivity index is 1.55. The van der Waals surface area contributed by atoms with Gasteiger partial charge in [-0.25, -0.2) is 4.98 Å². The number of pyridine rings is 2. The number of rotatable bonds is 7. The molecule has 0 saturated carbocycles. The predicted octanol–water partition coefficient (Wildman–Crippen LogP) is 4.38. The third-order valence-electron chi connectivity index (χ3n) is 6.71. The van der Waals surface area contributed by atoms with Crippen molar-refractivity contribution in [2.75, 3.05) is 26.8 Å². The van der Waals surface area contributed by atoms with E-state index in [9.17, 15) is 13.2 Å². The summed E-state index contributed by atoms with van der Waals surface area (Å²) in [5.74, 6) is 0.909. The van der Waals surface area contributed by atoms with Crippen LogP contribution in [0, 0.1) is 0 Å². The SMILES string of the molecule is COC(C)(C)COc1cccc2ccc(-c3nnc4ccc([C@@H](N5CCC(N)C5)C(F)(F)F)cn34)nc12. The molecular formula is C26H29F3N6O2. The molecule has 1 aliphatic heterocycles. The van der Waals surface area contributed by atoms with Gasteiger partial charge in [-0.05, 0) is 44.0 Å². The summed E-state index contributed by atoms with van der Waals surface area (Å²) < 4.78 is 55.5. The molecule has 1 aliphatic rings. The summed E-state index contributed by atoms with van der Waals surface area (Å²) in [6, 6.07) is 10.2. The van der Waals surface area contributed by atoms with Gasteiger partial charge < -0.3 is 15.2 Å². The van der Waals surface area contributed by atoms with Crippen molar-refractivity contribution in [3.8, 4) is 17.3 Å². The van der Waals surface area contributed by atoms with E-state index in [0.29, 0.717) is 41.5 Å². The van der Waals surface area contributed by atoms with E-state index in [1.807, 2.05) is 38.1 Å². The molecule has 0 radical (unpaired) electrons. The second kappa shape index (κ2) is 9.55. The predicted molar refractivity (Wildman–Crippen MR) is 133 cm³/mol. The summed E-state index contributed by atoms with van der Waals surface area (Å²) in [6.45, 7) is 4.62. The van der Waals surface area contributed by atoms with Crippen molar-refractivity contribution in [2.45, 2.75) is 44.1 Å². The van der Waals surface area contributed by atoms with Crippen LogP contribution in [0.2, 0.25) is 0 Å². The Morgan fingerprint density at radius 1 is 1.11 bits per heavy atom. The van der Waals surface area contributed by atoms with E-state index in [2.05, 4.69) is 10.2 Å². The Kier molecular flexibility index (Phi) is 6.55. The molecule has 5 rings (SSSR count). The van der Waals surface area contributed by atoms with Crippen LogP contribution >= 0.6 is 0 Å². The second-order valence-electron chi connectivity index (χ2n) is 9.98. The van der Waals surface area contributed by atoms with Gasteiger partial charge in [0.25, 0.3) is 0 Å². The average molecular weight is 515 g/mol. The van der Waals surface area contributed by atoms with Crippen molar-refractivity contribution in [1.82, 2.24) is 24.5 Å². The van der Waals surface area contributed by atoms with Crippen LogP contribution in [0.3, 0.4) is 0 Å². The maximum absolute atomic E-state index is 14.2. The van der Waals surface area contributed by atoms with E-state index in [0.717, 1.165) is 5.39 Å². The van der Waals surface area contributed by atoms with E-state index >= 15 is 0 Å². The van der Waals surface area contributed by atoms with E-state index in [-0.39, 0.29) is 24.7 Å². The van der Waals surface area contributed by atoms with Crippen LogP contribution in [0.5, 0.6) is 5.75 Å². The minimum atomic E-state index is -4.46. The lowest BCUT2D eigenvalue weighted by atomic mass is 10.1. The Bertz CT molecular complexity index is 1420. The smallest absolute Gasteiger partial charge is 0.408 e. The monoisotopic (exact) mass is 514 g/mol. The maximum Gasteiger partial charge on any atom is 0.408 e. The van der Waals surface area contributed by atoms with Gasteiger partial charge in [0, 0.05) is 37.8 Å². The van der Waals surface area contributed by atoms with E-state index in [1.165, 1.54) is 17.2 Å². The lowest BCUT2D eigenvalue weighted by Gasteiger charge is -2.30. The highest BCUT2D eigenvalue weighted by atomic mass is 19.4. The first-order chi connectivity index (χ1) is 17.6. The van der Waals surface area contributed by atoms with Gasteiger partial charge in [-0.3, -0.25) is 9.30 Å². The number of hydrogen-bond acceptors (Lipinski definition) is 7. The first-order valence-corrected chi connectivity index (χ1v) is 12.0. The van der Waals surface area contributed by atoms with Crippen molar-refractivity contribution in [3.05, 3.63) is 54.2 Å². The van der Waals surface area contributed by atoms with Crippen LogP contribution in [0.25, 0.3) is 28.1 Å². The molecule has 1 unspecified atom stereocenters. The lowest BCUT2D eigenvalue weighted by Crippen LogP contribution is -2.38. The van der Waals surface area contributed by atoms with Gasteiger partial charge in [-0.1, -0.05) is 24.3 Å². The molecule has 2 N–H and O–H groups in total. The number of nitrogens with two attached hydrogens (primary N) is 1. The second-order valence-corrected chi connectivity index (χ2v) is 9.98. The number of ether oxygens (including phenoxy) is 2. The fraction of sp³-hybridized carbons (Fsp3) is 0.423. The largest absolute Gasteiger partial charge is 0.488 e. The number of benzene rings is 1. The van der Waals surface area contributed by atoms with Gasteiger partial charge in [0.2, 0.25) is 0 Å². The molecule has 1 aromatic carbocycles. The molecular weight excluding hydrogens is 485 g/mol. The zero-order valence-electron chi connectivity index (χ0n) is 20.9. The van der Waals surface area contributed by atoms with Crippen molar-refractivity contribution in [1.29, 1.82) is 0 Å². The minimum Gasteiger partial charge on any atom is -0.488 e. The molecule has 37 heavy (non-hydrogen) atoms. The summed E-state index contributed by atoms with van der Waals surface area (Å²) in [5, 5.41) is 9.26. The Morgan fingerprint density at radius 2 is 1.92 bits per heavy atom.